The van der Waals surface area contributed by atoms with Crippen molar-refractivity contribution in [2.45, 2.75) is 238 Å². The third-order valence-corrected chi connectivity index (χ3v) is 10.7. The maximum absolute atomic E-state index is 12.4. The van der Waals surface area contributed by atoms with Gasteiger partial charge in [0.05, 0.1) is 18.8 Å². The Morgan fingerprint density at radius 2 is 1.04 bits per heavy atom. The highest BCUT2D eigenvalue weighted by Gasteiger charge is 2.36. The fourth-order valence-corrected chi connectivity index (χ4v) is 7.15. The molecule has 0 bridgehead atoms. The summed E-state index contributed by atoms with van der Waals surface area (Å²) in [7, 11) is -4.76. The molecular weight excluding hydrogens is 691 g/mol. The van der Waals surface area contributed by atoms with Crippen molar-refractivity contribution in [2.24, 2.45) is 0 Å². The zero-order valence-corrected chi connectivity index (χ0v) is 35.0. The number of hydrogen-bond acceptors (Lipinski definition) is 7. The number of carbonyl (C=O) groups is 2. The standard InChI is InChI=1S/C43H81O9P/c1-3-5-7-9-11-12-13-14-15-16-17-18-19-20-21-22-23-27-31-35-42(44)49-37-39(38-50-53(46,47)48)51-43(45)36-32-28-24-26-30-34-41-40(52-41)33-29-25-10-8-6-4-2/h25,29,39-41H,3-24,26-28,30-38H2,1-2H3,(H2,46,47,48)/b29-25-/t39-,40?,41?/m1/s1. The van der Waals surface area contributed by atoms with Crippen LogP contribution in [0.3, 0.4) is 0 Å². The maximum atomic E-state index is 12.4. The first kappa shape index (κ1) is 49.8. The van der Waals surface area contributed by atoms with Crippen LogP contribution < -0.4 is 0 Å². The Kier molecular flexibility index (Phi) is 33.0. The first-order valence-electron chi connectivity index (χ1n) is 22.1. The molecule has 1 fully saturated rings. The van der Waals surface area contributed by atoms with Gasteiger partial charge in [-0.15, -0.1) is 0 Å². The van der Waals surface area contributed by atoms with Gasteiger partial charge < -0.3 is 24.0 Å². The van der Waals surface area contributed by atoms with Crippen molar-refractivity contribution in [3.8, 4) is 0 Å². The van der Waals surface area contributed by atoms with E-state index in [1.807, 2.05) is 0 Å². The van der Waals surface area contributed by atoms with Gasteiger partial charge in [0.15, 0.2) is 6.10 Å². The molecular formula is C43H81O9P. The third-order valence-electron chi connectivity index (χ3n) is 10.2. The third kappa shape index (κ3) is 34.9. The van der Waals surface area contributed by atoms with Crippen LogP contribution in [0.2, 0.25) is 0 Å². The van der Waals surface area contributed by atoms with Gasteiger partial charge >= 0.3 is 19.8 Å². The first-order valence-corrected chi connectivity index (χ1v) is 23.6. The molecule has 0 amide bonds. The molecule has 1 heterocycles. The number of epoxide rings is 1. The van der Waals surface area contributed by atoms with Gasteiger partial charge in [-0.25, -0.2) is 4.57 Å². The summed E-state index contributed by atoms with van der Waals surface area (Å²) in [6.45, 7) is 3.66. The van der Waals surface area contributed by atoms with Crippen LogP contribution in [0.25, 0.3) is 0 Å². The van der Waals surface area contributed by atoms with Gasteiger partial charge in [-0.1, -0.05) is 180 Å². The number of phosphoric ester groups is 1. The van der Waals surface area contributed by atoms with Crippen LogP contribution in [0.5, 0.6) is 0 Å². The Labute approximate surface area is 324 Å². The van der Waals surface area contributed by atoms with E-state index >= 15 is 0 Å². The fraction of sp³-hybridized carbons (Fsp3) is 0.907. The van der Waals surface area contributed by atoms with Gasteiger partial charge in [0.1, 0.15) is 6.61 Å². The van der Waals surface area contributed by atoms with Crippen molar-refractivity contribution in [1.82, 2.24) is 0 Å². The van der Waals surface area contributed by atoms with E-state index in [0.29, 0.717) is 18.6 Å². The van der Waals surface area contributed by atoms with Crippen LogP contribution in [0.15, 0.2) is 12.2 Å². The van der Waals surface area contributed by atoms with Gasteiger partial charge in [0, 0.05) is 12.8 Å². The van der Waals surface area contributed by atoms with Crippen LogP contribution in [0, 0.1) is 0 Å². The van der Waals surface area contributed by atoms with Gasteiger partial charge in [-0.3, -0.25) is 14.1 Å². The number of phosphoric acid groups is 1. The molecule has 1 rings (SSSR count). The lowest BCUT2D eigenvalue weighted by Crippen LogP contribution is -2.29. The molecule has 10 heteroatoms. The van der Waals surface area contributed by atoms with Gasteiger partial charge in [0.25, 0.3) is 0 Å². The molecule has 0 radical (unpaired) electrons. The number of esters is 2. The lowest BCUT2D eigenvalue weighted by Gasteiger charge is -2.18. The number of ether oxygens (including phenoxy) is 3. The molecule has 0 aromatic rings. The highest BCUT2D eigenvalue weighted by molar-refractivity contribution is 7.46. The summed E-state index contributed by atoms with van der Waals surface area (Å²) in [4.78, 5) is 42.9. The van der Waals surface area contributed by atoms with E-state index in [2.05, 4.69) is 30.5 Å². The minimum atomic E-state index is -4.76. The molecule has 1 aliphatic rings. The zero-order valence-electron chi connectivity index (χ0n) is 34.1. The van der Waals surface area contributed by atoms with E-state index in [9.17, 15) is 14.2 Å². The zero-order chi connectivity index (χ0) is 38.7. The van der Waals surface area contributed by atoms with Gasteiger partial charge in [0.2, 0.25) is 0 Å². The molecule has 0 aromatic carbocycles. The lowest BCUT2D eigenvalue weighted by molar-refractivity contribution is -0.161. The van der Waals surface area contributed by atoms with E-state index in [4.69, 9.17) is 24.0 Å². The molecule has 2 N–H and O–H groups in total. The smallest absolute Gasteiger partial charge is 0.462 e. The van der Waals surface area contributed by atoms with Crippen molar-refractivity contribution in [3.05, 3.63) is 12.2 Å². The van der Waals surface area contributed by atoms with Gasteiger partial charge in [-0.2, -0.15) is 0 Å². The SMILES string of the molecule is CCCCC/C=C\CC1OC1CCCCCCCC(=O)O[C@H](COC(=O)CCCCCCCCCCCCCCCCCCCCC)COP(=O)(O)O. The fourth-order valence-electron chi connectivity index (χ4n) is 6.79. The summed E-state index contributed by atoms with van der Waals surface area (Å²) in [6.07, 6.45) is 41.0. The molecule has 1 aliphatic heterocycles. The minimum Gasteiger partial charge on any atom is -0.462 e. The molecule has 0 aromatic heterocycles. The Balaban J connectivity index is 2.02. The lowest BCUT2D eigenvalue weighted by atomic mass is 10.0. The Hall–Kier alpha value is -1.25. The molecule has 3 atom stereocenters. The molecule has 312 valence electrons. The van der Waals surface area contributed by atoms with Crippen LogP contribution in [-0.2, 0) is 32.9 Å². The van der Waals surface area contributed by atoms with E-state index in [1.165, 1.54) is 122 Å². The Morgan fingerprint density at radius 3 is 1.55 bits per heavy atom. The molecule has 9 nitrogen and oxygen atoms in total. The molecule has 1 saturated heterocycles. The number of rotatable bonds is 40. The van der Waals surface area contributed by atoms with E-state index in [1.54, 1.807) is 0 Å². The predicted molar refractivity (Wildman–Crippen MR) is 216 cm³/mol. The summed E-state index contributed by atoms with van der Waals surface area (Å²) in [5.74, 6) is -0.896. The highest BCUT2D eigenvalue weighted by atomic mass is 31.2. The highest BCUT2D eigenvalue weighted by Crippen LogP contribution is 2.36. The normalized spacial score (nSPS) is 16.3. The minimum absolute atomic E-state index is 0.193. The van der Waals surface area contributed by atoms with Crippen molar-refractivity contribution in [1.29, 1.82) is 0 Å². The van der Waals surface area contributed by atoms with Crippen LogP contribution in [0.1, 0.15) is 219 Å². The number of allylic oxidation sites excluding steroid dienone is 1. The van der Waals surface area contributed by atoms with E-state index in [-0.39, 0.29) is 19.4 Å². The number of hydrogen-bond donors (Lipinski definition) is 2. The molecule has 0 spiro atoms. The molecule has 0 saturated carbocycles. The second-order valence-electron chi connectivity index (χ2n) is 15.4. The van der Waals surface area contributed by atoms with Crippen LogP contribution in [0.4, 0.5) is 0 Å². The summed E-state index contributed by atoms with van der Waals surface area (Å²) < 4.78 is 32.2. The summed E-state index contributed by atoms with van der Waals surface area (Å²) >= 11 is 0. The summed E-state index contributed by atoms with van der Waals surface area (Å²) in [5, 5.41) is 0. The topological polar surface area (TPSA) is 132 Å². The average molecular weight is 773 g/mol. The van der Waals surface area contributed by atoms with Crippen molar-refractivity contribution in [3.63, 3.8) is 0 Å². The van der Waals surface area contributed by atoms with Crippen molar-refractivity contribution in [2.75, 3.05) is 13.2 Å². The predicted octanol–water partition coefficient (Wildman–Crippen LogP) is 12.4. The van der Waals surface area contributed by atoms with Crippen molar-refractivity contribution < 1.29 is 42.7 Å². The van der Waals surface area contributed by atoms with Gasteiger partial charge in [-0.05, 0) is 38.5 Å². The second kappa shape index (κ2) is 35.2. The monoisotopic (exact) mass is 773 g/mol. The number of unbranched alkanes of at least 4 members (excludes halogenated alkanes) is 25. The molecule has 0 aliphatic carbocycles. The van der Waals surface area contributed by atoms with E-state index in [0.717, 1.165) is 64.2 Å². The van der Waals surface area contributed by atoms with Crippen LogP contribution in [-0.4, -0.2) is 53.3 Å². The quantitative estimate of drug-likeness (QED) is 0.0205. The Bertz CT molecular complexity index is 937. The molecule has 2 unspecified atom stereocenters. The summed E-state index contributed by atoms with van der Waals surface area (Å²) in [5.41, 5.74) is 0. The first-order chi connectivity index (χ1) is 25.7. The Morgan fingerprint density at radius 1 is 0.585 bits per heavy atom. The second-order valence-corrected chi connectivity index (χ2v) is 16.7. The number of carbonyl (C=O) groups excluding carboxylic acids is 2. The maximum Gasteiger partial charge on any atom is 0.469 e. The average Bonchev–Trinajstić information content (AvgIpc) is 3.88. The largest absolute Gasteiger partial charge is 0.469 e. The van der Waals surface area contributed by atoms with E-state index < -0.39 is 32.5 Å². The molecule has 53 heavy (non-hydrogen) atoms. The summed E-state index contributed by atoms with van der Waals surface area (Å²) in [6, 6.07) is 0. The van der Waals surface area contributed by atoms with Crippen molar-refractivity contribution >= 4 is 19.8 Å². The van der Waals surface area contributed by atoms with Crippen LogP contribution >= 0.6 is 7.82 Å².